The van der Waals surface area contributed by atoms with Gasteiger partial charge >= 0.3 is 0 Å². The van der Waals surface area contributed by atoms with Crippen molar-refractivity contribution in [3.8, 4) is 11.8 Å². The van der Waals surface area contributed by atoms with Gasteiger partial charge in [-0.1, -0.05) is 23.5 Å². The number of rotatable bonds is 3. The van der Waals surface area contributed by atoms with Gasteiger partial charge in [0.25, 0.3) is 5.91 Å². The molecule has 0 radical (unpaired) electrons. The molecule has 1 heterocycles. The first-order chi connectivity index (χ1) is 9.70. The fourth-order valence-corrected chi connectivity index (χ4v) is 1.77. The molecule has 0 saturated carbocycles. The molecule has 20 heavy (non-hydrogen) atoms. The Balaban J connectivity index is 2.17. The number of carbonyl (C=O) groups excluding carboxylic acids is 1. The minimum atomic E-state index is -0.235. The van der Waals surface area contributed by atoms with E-state index in [1.807, 2.05) is 13.0 Å². The lowest BCUT2D eigenvalue weighted by Crippen LogP contribution is -2.23. The molecular weight excluding hydrogens is 254 g/mol. The SMILES string of the molecule is Cc1ccc(C#CCO)c(C(=O)NCc2ccco2)c1. The van der Waals surface area contributed by atoms with Crippen LogP contribution < -0.4 is 5.32 Å². The number of nitrogens with one attached hydrogen (secondary N) is 1. The summed E-state index contributed by atoms with van der Waals surface area (Å²) in [5, 5.41) is 11.5. The molecule has 0 unspecified atom stereocenters. The number of furan rings is 1. The number of hydrogen-bond acceptors (Lipinski definition) is 3. The number of aliphatic hydroxyl groups is 1. The number of amides is 1. The lowest BCUT2D eigenvalue weighted by atomic mass is 10.0. The molecule has 0 aliphatic carbocycles. The van der Waals surface area contributed by atoms with Gasteiger partial charge in [0.05, 0.1) is 18.4 Å². The zero-order valence-corrected chi connectivity index (χ0v) is 11.1. The van der Waals surface area contributed by atoms with Crippen molar-refractivity contribution in [3.63, 3.8) is 0 Å². The van der Waals surface area contributed by atoms with Crippen molar-refractivity contribution in [3.05, 3.63) is 59.0 Å². The van der Waals surface area contributed by atoms with Crippen molar-refractivity contribution in [2.45, 2.75) is 13.5 Å². The fraction of sp³-hybridized carbons (Fsp3) is 0.188. The molecular formula is C16H15NO3. The molecule has 1 aromatic heterocycles. The fourth-order valence-electron chi connectivity index (χ4n) is 1.77. The second-order valence-corrected chi connectivity index (χ2v) is 4.27. The number of benzene rings is 1. The van der Waals surface area contributed by atoms with Crippen LogP contribution in [0.5, 0.6) is 0 Å². The summed E-state index contributed by atoms with van der Waals surface area (Å²) in [4.78, 5) is 12.2. The highest BCUT2D eigenvalue weighted by atomic mass is 16.3. The van der Waals surface area contributed by atoms with Gasteiger partial charge in [0.15, 0.2) is 0 Å². The van der Waals surface area contributed by atoms with Gasteiger partial charge in [-0.25, -0.2) is 0 Å². The number of carbonyl (C=O) groups is 1. The number of aliphatic hydroxyl groups excluding tert-OH is 1. The molecule has 0 aliphatic rings. The van der Waals surface area contributed by atoms with Crippen LogP contribution in [0.3, 0.4) is 0 Å². The molecule has 0 spiro atoms. The molecule has 0 aliphatic heterocycles. The molecule has 4 nitrogen and oxygen atoms in total. The van der Waals surface area contributed by atoms with Crippen molar-refractivity contribution in [1.82, 2.24) is 5.32 Å². The highest BCUT2D eigenvalue weighted by Gasteiger charge is 2.10. The average Bonchev–Trinajstić information content (AvgIpc) is 2.96. The van der Waals surface area contributed by atoms with Crippen molar-refractivity contribution >= 4 is 5.91 Å². The lowest BCUT2D eigenvalue weighted by molar-refractivity contribution is 0.0947. The zero-order valence-electron chi connectivity index (χ0n) is 11.1. The van der Waals surface area contributed by atoms with Crippen LogP contribution in [0.1, 0.15) is 27.2 Å². The largest absolute Gasteiger partial charge is 0.467 e. The summed E-state index contributed by atoms with van der Waals surface area (Å²) in [6, 6.07) is 9.00. The minimum Gasteiger partial charge on any atom is -0.467 e. The maximum atomic E-state index is 12.2. The van der Waals surface area contributed by atoms with Crippen molar-refractivity contribution in [1.29, 1.82) is 0 Å². The second kappa shape index (κ2) is 6.60. The Hall–Kier alpha value is -2.51. The van der Waals surface area contributed by atoms with Crippen LogP contribution in [0.2, 0.25) is 0 Å². The Morgan fingerprint density at radius 1 is 1.40 bits per heavy atom. The maximum Gasteiger partial charge on any atom is 0.252 e. The van der Waals surface area contributed by atoms with Crippen LogP contribution in [-0.4, -0.2) is 17.6 Å². The summed E-state index contributed by atoms with van der Waals surface area (Å²) in [7, 11) is 0. The molecule has 0 atom stereocenters. The van der Waals surface area contributed by atoms with Gasteiger partial charge in [0.2, 0.25) is 0 Å². The molecule has 0 saturated heterocycles. The van der Waals surface area contributed by atoms with E-state index in [4.69, 9.17) is 9.52 Å². The van der Waals surface area contributed by atoms with E-state index in [1.165, 1.54) is 0 Å². The first-order valence-corrected chi connectivity index (χ1v) is 6.21. The Bertz CT molecular complexity index is 648. The Kier molecular flexibility index (Phi) is 4.59. The van der Waals surface area contributed by atoms with E-state index in [2.05, 4.69) is 17.2 Å². The van der Waals surface area contributed by atoms with E-state index in [0.29, 0.717) is 23.4 Å². The van der Waals surface area contributed by atoms with E-state index < -0.39 is 0 Å². The van der Waals surface area contributed by atoms with E-state index in [1.54, 1.807) is 30.5 Å². The molecule has 1 amide bonds. The summed E-state index contributed by atoms with van der Waals surface area (Å²) in [5.41, 5.74) is 2.07. The Labute approximate surface area is 117 Å². The molecule has 2 aromatic rings. The highest BCUT2D eigenvalue weighted by Crippen LogP contribution is 2.11. The zero-order chi connectivity index (χ0) is 14.4. The van der Waals surface area contributed by atoms with E-state index in [-0.39, 0.29) is 12.5 Å². The summed E-state index contributed by atoms with van der Waals surface area (Å²) in [6.45, 7) is 2.00. The molecule has 2 N–H and O–H groups in total. The van der Waals surface area contributed by atoms with Crippen LogP contribution in [-0.2, 0) is 6.54 Å². The number of hydrogen-bond donors (Lipinski definition) is 2. The summed E-state index contributed by atoms with van der Waals surface area (Å²) in [6.07, 6.45) is 1.56. The summed E-state index contributed by atoms with van der Waals surface area (Å²) >= 11 is 0. The second-order valence-electron chi connectivity index (χ2n) is 4.27. The first kappa shape index (κ1) is 13.9. The lowest BCUT2D eigenvalue weighted by Gasteiger charge is -2.07. The maximum absolute atomic E-state index is 12.2. The highest BCUT2D eigenvalue weighted by molar-refractivity contribution is 5.96. The van der Waals surface area contributed by atoms with Gasteiger partial charge in [0.1, 0.15) is 12.4 Å². The monoisotopic (exact) mass is 269 g/mol. The molecule has 1 aromatic carbocycles. The molecule has 0 fully saturated rings. The molecule has 4 heteroatoms. The van der Waals surface area contributed by atoms with E-state index in [0.717, 1.165) is 5.56 Å². The predicted molar refractivity (Wildman–Crippen MR) is 75.0 cm³/mol. The third-order valence-corrected chi connectivity index (χ3v) is 2.73. The Morgan fingerprint density at radius 2 is 2.25 bits per heavy atom. The van der Waals surface area contributed by atoms with Gasteiger partial charge in [-0.05, 0) is 31.2 Å². The van der Waals surface area contributed by atoms with Crippen molar-refractivity contribution in [2.75, 3.05) is 6.61 Å². The van der Waals surface area contributed by atoms with Gasteiger partial charge in [-0.15, -0.1) is 0 Å². The minimum absolute atomic E-state index is 0.215. The van der Waals surface area contributed by atoms with Crippen molar-refractivity contribution in [2.24, 2.45) is 0 Å². The summed E-state index contributed by atoms with van der Waals surface area (Å²) < 4.78 is 5.16. The third-order valence-electron chi connectivity index (χ3n) is 2.73. The van der Waals surface area contributed by atoms with Crippen LogP contribution in [0, 0.1) is 18.8 Å². The third kappa shape index (κ3) is 3.50. The quantitative estimate of drug-likeness (QED) is 0.836. The Morgan fingerprint density at radius 3 is 2.95 bits per heavy atom. The van der Waals surface area contributed by atoms with Crippen molar-refractivity contribution < 1.29 is 14.3 Å². The van der Waals surface area contributed by atoms with Gasteiger partial charge < -0.3 is 14.8 Å². The molecule has 0 bridgehead atoms. The number of aryl methyl sites for hydroxylation is 1. The standard InChI is InChI=1S/C16H15NO3/c1-12-6-7-13(4-2-8-18)15(10-12)16(19)17-11-14-5-3-9-20-14/h3,5-7,9-10,18H,8,11H2,1H3,(H,17,19). The van der Waals surface area contributed by atoms with Crippen LogP contribution >= 0.6 is 0 Å². The van der Waals surface area contributed by atoms with Crippen LogP contribution in [0.4, 0.5) is 0 Å². The van der Waals surface area contributed by atoms with Crippen LogP contribution in [0.25, 0.3) is 0 Å². The first-order valence-electron chi connectivity index (χ1n) is 6.21. The van der Waals surface area contributed by atoms with Gasteiger partial charge in [-0.3, -0.25) is 4.79 Å². The van der Waals surface area contributed by atoms with E-state index in [9.17, 15) is 4.79 Å². The molecule has 2 rings (SSSR count). The summed E-state index contributed by atoms with van der Waals surface area (Å²) in [5.74, 6) is 5.81. The van der Waals surface area contributed by atoms with Crippen LogP contribution in [0.15, 0.2) is 41.0 Å². The molecule has 102 valence electrons. The van der Waals surface area contributed by atoms with Gasteiger partial charge in [0, 0.05) is 5.56 Å². The van der Waals surface area contributed by atoms with Gasteiger partial charge in [-0.2, -0.15) is 0 Å². The topological polar surface area (TPSA) is 62.5 Å². The van der Waals surface area contributed by atoms with E-state index >= 15 is 0 Å². The normalized spacial score (nSPS) is 9.70. The predicted octanol–water partition coefficient (Wildman–Crippen LogP) is 1.86. The average molecular weight is 269 g/mol. The smallest absolute Gasteiger partial charge is 0.252 e.